The number of rotatable bonds is 4. The first-order valence-corrected chi connectivity index (χ1v) is 6.77. The first kappa shape index (κ1) is 13.4. The van der Waals surface area contributed by atoms with Crippen molar-refractivity contribution in [3.05, 3.63) is 35.9 Å². The Hall–Kier alpha value is -2.60. The van der Waals surface area contributed by atoms with E-state index < -0.39 is 5.91 Å². The van der Waals surface area contributed by atoms with E-state index in [1.807, 2.05) is 24.3 Å². The van der Waals surface area contributed by atoms with Crippen LogP contribution in [-0.4, -0.2) is 29.1 Å². The van der Waals surface area contributed by atoms with Crippen molar-refractivity contribution in [1.29, 1.82) is 0 Å². The first-order chi connectivity index (χ1) is 10.2. The number of fused-ring (bicyclic) bond motifs is 3. The van der Waals surface area contributed by atoms with Crippen LogP contribution in [-0.2, 0) is 6.54 Å². The molecule has 0 aliphatic carbocycles. The van der Waals surface area contributed by atoms with E-state index in [9.17, 15) is 4.79 Å². The normalized spacial score (nSPS) is 11.1. The van der Waals surface area contributed by atoms with Gasteiger partial charge in [0.05, 0.1) is 11.1 Å². The molecule has 1 aromatic carbocycles. The second-order valence-electron chi connectivity index (χ2n) is 4.83. The zero-order valence-electron chi connectivity index (χ0n) is 11.8. The van der Waals surface area contributed by atoms with E-state index in [4.69, 9.17) is 11.5 Å². The van der Waals surface area contributed by atoms with Gasteiger partial charge in [-0.3, -0.25) is 4.79 Å². The van der Waals surface area contributed by atoms with E-state index in [1.54, 1.807) is 13.1 Å². The third-order valence-corrected chi connectivity index (χ3v) is 3.60. The quantitative estimate of drug-likeness (QED) is 0.671. The van der Waals surface area contributed by atoms with Crippen LogP contribution in [0, 0.1) is 0 Å². The number of carbonyl (C=O) groups is 1. The third kappa shape index (κ3) is 2.00. The Kier molecular flexibility index (Phi) is 3.23. The second kappa shape index (κ2) is 5.06. The average Bonchev–Trinajstić information content (AvgIpc) is 2.80. The number of hydrogen-bond donors (Lipinski definition) is 3. The number of nitrogens with one attached hydrogen (secondary N) is 1. The predicted molar refractivity (Wildman–Crippen MR) is 84.4 cm³/mol. The SMILES string of the molecule is CNc1nc2c(cc1C(N)=O)c1ccccc1n2CCN. The maximum Gasteiger partial charge on any atom is 0.252 e. The summed E-state index contributed by atoms with van der Waals surface area (Å²) in [6, 6.07) is 9.77. The summed E-state index contributed by atoms with van der Waals surface area (Å²) in [6.07, 6.45) is 0. The lowest BCUT2D eigenvalue weighted by molar-refractivity contribution is 0.100. The van der Waals surface area contributed by atoms with E-state index >= 15 is 0 Å². The predicted octanol–water partition coefficient (Wildman–Crippen LogP) is 1.29. The molecule has 0 bridgehead atoms. The van der Waals surface area contributed by atoms with Gasteiger partial charge in [0.1, 0.15) is 11.5 Å². The number of nitrogens with two attached hydrogens (primary N) is 2. The van der Waals surface area contributed by atoms with Gasteiger partial charge in [0, 0.05) is 30.9 Å². The summed E-state index contributed by atoms with van der Waals surface area (Å²) in [5, 5.41) is 4.88. The van der Waals surface area contributed by atoms with E-state index in [2.05, 4.69) is 14.9 Å². The number of hydrogen-bond acceptors (Lipinski definition) is 4. The highest BCUT2D eigenvalue weighted by atomic mass is 16.1. The maximum absolute atomic E-state index is 11.6. The largest absolute Gasteiger partial charge is 0.372 e. The van der Waals surface area contributed by atoms with Gasteiger partial charge in [-0.25, -0.2) is 4.98 Å². The molecule has 0 saturated carbocycles. The molecule has 0 spiro atoms. The Labute approximate surface area is 121 Å². The van der Waals surface area contributed by atoms with Crippen molar-refractivity contribution in [3.8, 4) is 0 Å². The van der Waals surface area contributed by atoms with Crippen molar-refractivity contribution in [2.45, 2.75) is 6.54 Å². The van der Waals surface area contributed by atoms with Crippen LogP contribution in [0.2, 0.25) is 0 Å². The Morgan fingerprint density at radius 2 is 2.10 bits per heavy atom. The smallest absolute Gasteiger partial charge is 0.252 e. The average molecular weight is 283 g/mol. The summed E-state index contributed by atoms with van der Waals surface area (Å²) < 4.78 is 2.07. The molecule has 0 radical (unpaired) electrons. The number of para-hydroxylation sites is 1. The van der Waals surface area contributed by atoms with Crippen molar-refractivity contribution in [2.24, 2.45) is 11.5 Å². The molecule has 21 heavy (non-hydrogen) atoms. The van der Waals surface area contributed by atoms with Gasteiger partial charge in [-0.15, -0.1) is 0 Å². The van der Waals surface area contributed by atoms with Crippen LogP contribution >= 0.6 is 0 Å². The minimum absolute atomic E-state index is 0.389. The van der Waals surface area contributed by atoms with Crippen LogP contribution in [0.1, 0.15) is 10.4 Å². The fourth-order valence-electron chi connectivity index (χ4n) is 2.69. The molecule has 6 nitrogen and oxygen atoms in total. The molecule has 108 valence electrons. The van der Waals surface area contributed by atoms with Gasteiger partial charge in [0.25, 0.3) is 5.91 Å². The number of anilines is 1. The number of carbonyl (C=O) groups excluding carboxylic acids is 1. The van der Waals surface area contributed by atoms with Gasteiger partial charge in [0.2, 0.25) is 0 Å². The van der Waals surface area contributed by atoms with Crippen LogP contribution in [0.5, 0.6) is 0 Å². The van der Waals surface area contributed by atoms with Gasteiger partial charge in [-0.1, -0.05) is 18.2 Å². The highest BCUT2D eigenvalue weighted by Gasteiger charge is 2.16. The highest BCUT2D eigenvalue weighted by molar-refractivity contribution is 6.10. The molecular weight excluding hydrogens is 266 g/mol. The molecule has 0 unspecified atom stereocenters. The fraction of sp³-hybridized carbons (Fsp3) is 0.200. The number of amides is 1. The van der Waals surface area contributed by atoms with Crippen molar-refractivity contribution < 1.29 is 4.79 Å². The summed E-state index contributed by atoms with van der Waals surface area (Å²) in [5.41, 5.74) is 13.4. The molecule has 5 N–H and O–H groups in total. The molecule has 1 amide bonds. The van der Waals surface area contributed by atoms with Crippen LogP contribution in [0.15, 0.2) is 30.3 Å². The molecule has 0 fully saturated rings. The monoisotopic (exact) mass is 283 g/mol. The van der Waals surface area contributed by atoms with Crippen molar-refractivity contribution in [2.75, 3.05) is 18.9 Å². The third-order valence-electron chi connectivity index (χ3n) is 3.60. The molecule has 0 atom stereocenters. The standard InChI is InChI=1S/C15H17N5O/c1-18-14-11(13(17)21)8-10-9-4-2-3-5-12(9)20(7-6-16)15(10)19-14/h2-5,8H,6-7,16H2,1H3,(H2,17,21)(H,18,19). The topological polar surface area (TPSA) is 99.0 Å². The van der Waals surface area contributed by atoms with Crippen molar-refractivity contribution >= 4 is 33.7 Å². The summed E-state index contributed by atoms with van der Waals surface area (Å²) in [7, 11) is 1.72. The Bertz CT molecular complexity index is 837. The molecule has 2 aromatic heterocycles. The summed E-state index contributed by atoms with van der Waals surface area (Å²) >= 11 is 0. The first-order valence-electron chi connectivity index (χ1n) is 6.77. The second-order valence-corrected chi connectivity index (χ2v) is 4.83. The van der Waals surface area contributed by atoms with E-state index in [0.717, 1.165) is 21.9 Å². The van der Waals surface area contributed by atoms with Gasteiger partial charge in [0.15, 0.2) is 0 Å². The Balaban J connectivity index is 2.45. The van der Waals surface area contributed by atoms with Crippen LogP contribution in [0.4, 0.5) is 5.82 Å². The lowest BCUT2D eigenvalue weighted by Crippen LogP contribution is -2.15. The van der Waals surface area contributed by atoms with Crippen molar-refractivity contribution in [1.82, 2.24) is 9.55 Å². The molecule has 0 saturated heterocycles. The zero-order valence-corrected chi connectivity index (χ0v) is 11.8. The maximum atomic E-state index is 11.6. The molecule has 2 heterocycles. The fourth-order valence-corrected chi connectivity index (χ4v) is 2.69. The Morgan fingerprint density at radius 1 is 1.33 bits per heavy atom. The number of benzene rings is 1. The zero-order chi connectivity index (χ0) is 15.0. The minimum atomic E-state index is -0.496. The van der Waals surface area contributed by atoms with E-state index in [1.165, 1.54) is 0 Å². The number of aromatic nitrogens is 2. The summed E-state index contributed by atoms with van der Waals surface area (Å²) in [4.78, 5) is 16.2. The van der Waals surface area contributed by atoms with Crippen LogP contribution in [0.3, 0.4) is 0 Å². The van der Waals surface area contributed by atoms with Crippen LogP contribution < -0.4 is 16.8 Å². The van der Waals surface area contributed by atoms with Crippen LogP contribution in [0.25, 0.3) is 21.9 Å². The minimum Gasteiger partial charge on any atom is -0.372 e. The number of pyridine rings is 1. The number of primary amides is 1. The van der Waals surface area contributed by atoms with Gasteiger partial charge in [-0.2, -0.15) is 0 Å². The highest BCUT2D eigenvalue weighted by Crippen LogP contribution is 2.30. The molecule has 0 aliphatic heterocycles. The lowest BCUT2D eigenvalue weighted by atomic mass is 10.1. The molecular formula is C15H17N5O. The van der Waals surface area contributed by atoms with E-state index in [-0.39, 0.29) is 0 Å². The van der Waals surface area contributed by atoms with E-state index in [0.29, 0.717) is 24.5 Å². The molecule has 3 aromatic rings. The lowest BCUT2D eigenvalue weighted by Gasteiger charge is -2.08. The summed E-state index contributed by atoms with van der Waals surface area (Å²) in [6.45, 7) is 1.18. The molecule has 3 rings (SSSR count). The molecule has 0 aliphatic rings. The van der Waals surface area contributed by atoms with Crippen molar-refractivity contribution in [3.63, 3.8) is 0 Å². The van der Waals surface area contributed by atoms with Gasteiger partial charge >= 0.3 is 0 Å². The number of nitrogens with zero attached hydrogens (tertiary/aromatic N) is 2. The summed E-state index contributed by atoms with van der Waals surface area (Å²) in [5.74, 6) is -0.0134. The van der Waals surface area contributed by atoms with Gasteiger partial charge in [-0.05, 0) is 12.1 Å². The van der Waals surface area contributed by atoms with Gasteiger partial charge < -0.3 is 21.4 Å². The Morgan fingerprint density at radius 3 is 2.76 bits per heavy atom. The molecule has 6 heteroatoms.